The van der Waals surface area contributed by atoms with Crippen molar-refractivity contribution in [3.8, 4) is 0 Å². The van der Waals surface area contributed by atoms with Crippen LogP contribution in [0.4, 0.5) is 0 Å². The number of nitrogens with one attached hydrogen (secondary N) is 1. The highest BCUT2D eigenvalue weighted by molar-refractivity contribution is 5.32. The molecule has 1 aromatic rings. The summed E-state index contributed by atoms with van der Waals surface area (Å²) in [5, 5.41) is 3.50. The molecule has 96 valence electrons. The standard InChI is InChI=1S/C15H25NO/c1-11(2)17-9-8-16-14(5)15-10-12(3)6-7-13(15)4/h6-7,10-11,14,16H,8-9H2,1-5H3. The second kappa shape index (κ2) is 6.77. The van der Waals surface area contributed by atoms with Crippen LogP contribution in [0.2, 0.25) is 0 Å². The quantitative estimate of drug-likeness (QED) is 0.763. The zero-order chi connectivity index (χ0) is 12.8. The van der Waals surface area contributed by atoms with Crippen LogP contribution in [0.25, 0.3) is 0 Å². The lowest BCUT2D eigenvalue weighted by Gasteiger charge is -2.18. The molecule has 0 aromatic heterocycles. The zero-order valence-electron chi connectivity index (χ0n) is 11.7. The van der Waals surface area contributed by atoms with Gasteiger partial charge in [-0.1, -0.05) is 23.8 Å². The van der Waals surface area contributed by atoms with E-state index < -0.39 is 0 Å². The average molecular weight is 235 g/mol. The van der Waals surface area contributed by atoms with Crippen molar-refractivity contribution in [2.45, 2.75) is 46.8 Å². The summed E-state index contributed by atoms with van der Waals surface area (Å²) in [6, 6.07) is 6.99. The lowest BCUT2D eigenvalue weighted by Crippen LogP contribution is -2.25. The van der Waals surface area contributed by atoms with Crippen molar-refractivity contribution in [1.82, 2.24) is 5.32 Å². The number of hydrogen-bond acceptors (Lipinski definition) is 2. The van der Waals surface area contributed by atoms with Crippen LogP contribution in [0, 0.1) is 13.8 Å². The molecule has 0 aliphatic carbocycles. The Morgan fingerprint density at radius 1 is 1.18 bits per heavy atom. The topological polar surface area (TPSA) is 21.3 Å². The molecule has 2 heteroatoms. The van der Waals surface area contributed by atoms with Crippen molar-refractivity contribution in [2.24, 2.45) is 0 Å². The molecule has 0 amide bonds. The van der Waals surface area contributed by atoms with Gasteiger partial charge in [0.1, 0.15) is 0 Å². The second-order valence-electron chi connectivity index (χ2n) is 4.96. The molecule has 0 fully saturated rings. The van der Waals surface area contributed by atoms with Gasteiger partial charge in [-0.3, -0.25) is 0 Å². The van der Waals surface area contributed by atoms with Crippen LogP contribution in [-0.4, -0.2) is 19.3 Å². The normalized spacial score (nSPS) is 13.1. The number of ether oxygens (including phenoxy) is 1. The van der Waals surface area contributed by atoms with E-state index >= 15 is 0 Å². The van der Waals surface area contributed by atoms with Gasteiger partial charge >= 0.3 is 0 Å². The third-order valence-electron chi connectivity index (χ3n) is 2.91. The Labute approximate surface area is 105 Å². The summed E-state index contributed by atoms with van der Waals surface area (Å²) in [6.07, 6.45) is 0.313. The summed E-state index contributed by atoms with van der Waals surface area (Å²) in [5.74, 6) is 0. The molecule has 0 aliphatic rings. The van der Waals surface area contributed by atoms with Crippen molar-refractivity contribution < 1.29 is 4.74 Å². The average Bonchev–Trinajstić information content (AvgIpc) is 2.27. The van der Waals surface area contributed by atoms with E-state index in [0.717, 1.165) is 13.2 Å². The van der Waals surface area contributed by atoms with Crippen molar-refractivity contribution in [3.63, 3.8) is 0 Å². The Morgan fingerprint density at radius 3 is 2.53 bits per heavy atom. The molecule has 1 unspecified atom stereocenters. The van der Waals surface area contributed by atoms with Crippen molar-refractivity contribution >= 4 is 0 Å². The summed E-state index contributed by atoms with van der Waals surface area (Å²) in [6.45, 7) is 12.3. The molecule has 1 rings (SSSR count). The Hall–Kier alpha value is -0.860. The predicted molar refractivity (Wildman–Crippen MR) is 73.4 cm³/mol. The third kappa shape index (κ3) is 4.88. The first kappa shape index (κ1) is 14.2. The zero-order valence-corrected chi connectivity index (χ0v) is 11.7. The Bertz CT molecular complexity index is 347. The fourth-order valence-corrected chi connectivity index (χ4v) is 1.91. The number of benzene rings is 1. The van der Waals surface area contributed by atoms with Gasteiger partial charge in [0.15, 0.2) is 0 Å². The van der Waals surface area contributed by atoms with Crippen LogP contribution in [0.15, 0.2) is 18.2 Å². The van der Waals surface area contributed by atoms with Crippen LogP contribution in [-0.2, 0) is 4.74 Å². The van der Waals surface area contributed by atoms with E-state index in [1.54, 1.807) is 0 Å². The van der Waals surface area contributed by atoms with E-state index in [-0.39, 0.29) is 0 Å². The van der Waals surface area contributed by atoms with Crippen LogP contribution < -0.4 is 5.32 Å². The van der Waals surface area contributed by atoms with E-state index in [0.29, 0.717) is 12.1 Å². The Balaban J connectivity index is 2.46. The Morgan fingerprint density at radius 2 is 1.88 bits per heavy atom. The summed E-state index contributed by atoms with van der Waals surface area (Å²) < 4.78 is 5.52. The largest absolute Gasteiger partial charge is 0.377 e. The molecule has 1 aromatic carbocycles. The molecule has 0 saturated heterocycles. The van der Waals surface area contributed by atoms with Crippen molar-refractivity contribution in [1.29, 1.82) is 0 Å². The maximum atomic E-state index is 5.52. The minimum atomic E-state index is 0.313. The third-order valence-corrected chi connectivity index (χ3v) is 2.91. The number of aryl methyl sites for hydroxylation is 2. The SMILES string of the molecule is Cc1ccc(C)c(C(C)NCCOC(C)C)c1. The van der Waals surface area contributed by atoms with Crippen LogP contribution in [0.1, 0.15) is 43.5 Å². The van der Waals surface area contributed by atoms with E-state index in [4.69, 9.17) is 4.74 Å². The van der Waals surface area contributed by atoms with Gasteiger partial charge in [-0.05, 0) is 45.7 Å². The van der Waals surface area contributed by atoms with Gasteiger partial charge in [0.05, 0.1) is 12.7 Å². The lowest BCUT2D eigenvalue weighted by molar-refractivity contribution is 0.0796. The maximum absolute atomic E-state index is 5.52. The van der Waals surface area contributed by atoms with Gasteiger partial charge in [0.2, 0.25) is 0 Å². The highest BCUT2D eigenvalue weighted by atomic mass is 16.5. The van der Waals surface area contributed by atoms with Crippen molar-refractivity contribution in [2.75, 3.05) is 13.2 Å². The number of hydrogen-bond donors (Lipinski definition) is 1. The summed E-state index contributed by atoms with van der Waals surface area (Å²) >= 11 is 0. The molecule has 1 N–H and O–H groups in total. The molecule has 0 bridgehead atoms. The van der Waals surface area contributed by atoms with Gasteiger partial charge in [-0.15, -0.1) is 0 Å². The fraction of sp³-hybridized carbons (Fsp3) is 0.600. The minimum absolute atomic E-state index is 0.313. The molecule has 1 atom stereocenters. The lowest BCUT2D eigenvalue weighted by atomic mass is 10.00. The minimum Gasteiger partial charge on any atom is -0.377 e. The van der Waals surface area contributed by atoms with E-state index in [2.05, 4.69) is 58.1 Å². The van der Waals surface area contributed by atoms with E-state index in [9.17, 15) is 0 Å². The molecular weight excluding hydrogens is 210 g/mol. The van der Waals surface area contributed by atoms with Gasteiger partial charge in [-0.25, -0.2) is 0 Å². The van der Waals surface area contributed by atoms with Crippen LogP contribution >= 0.6 is 0 Å². The van der Waals surface area contributed by atoms with E-state index in [1.165, 1.54) is 16.7 Å². The van der Waals surface area contributed by atoms with Crippen LogP contribution in [0.3, 0.4) is 0 Å². The summed E-state index contributed by atoms with van der Waals surface area (Å²) in [7, 11) is 0. The second-order valence-corrected chi connectivity index (χ2v) is 4.96. The Kier molecular flexibility index (Phi) is 5.66. The van der Waals surface area contributed by atoms with Crippen LogP contribution in [0.5, 0.6) is 0 Å². The van der Waals surface area contributed by atoms with Gasteiger partial charge in [0.25, 0.3) is 0 Å². The molecule has 0 radical (unpaired) electrons. The van der Waals surface area contributed by atoms with Gasteiger partial charge in [0, 0.05) is 12.6 Å². The molecule has 0 spiro atoms. The van der Waals surface area contributed by atoms with Gasteiger partial charge in [-0.2, -0.15) is 0 Å². The predicted octanol–water partition coefficient (Wildman–Crippen LogP) is 3.38. The molecule has 17 heavy (non-hydrogen) atoms. The highest BCUT2D eigenvalue weighted by Crippen LogP contribution is 2.18. The fourth-order valence-electron chi connectivity index (χ4n) is 1.91. The summed E-state index contributed by atoms with van der Waals surface area (Å²) in [4.78, 5) is 0. The molecule has 0 heterocycles. The maximum Gasteiger partial charge on any atom is 0.0594 e. The summed E-state index contributed by atoms with van der Waals surface area (Å²) in [5.41, 5.74) is 4.05. The first-order chi connectivity index (χ1) is 8.00. The van der Waals surface area contributed by atoms with Gasteiger partial charge < -0.3 is 10.1 Å². The molecule has 0 aliphatic heterocycles. The molecular formula is C15H25NO. The smallest absolute Gasteiger partial charge is 0.0594 e. The highest BCUT2D eigenvalue weighted by Gasteiger charge is 2.07. The first-order valence-electron chi connectivity index (χ1n) is 6.43. The first-order valence-corrected chi connectivity index (χ1v) is 6.43. The van der Waals surface area contributed by atoms with E-state index in [1.807, 2.05) is 0 Å². The molecule has 0 saturated carbocycles. The molecule has 2 nitrogen and oxygen atoms in total. The number of rotatable bonds is 6. The van der Waals surface area contributed by atoms with Crippen molar-refractivity contribution in [3.05, 3.63) is 34.9 Å². The monoisotopic (exact) mass is 235 g/mol.